The Morgan fingerprint density at radius 1 is 0.784 bits per heavy atom. The Bertz CT molecular complexity index is 1970. The van der Waals surface area contributed by atoms with Gasteiger partial charge in [0.2, 0.25) is 0 Å². The molecule has 2 atom stereocenters. The molecule has 0 saturated carbocycles. The van der Waals surface area contributed by atoms with Crippen LogP contribution >= 0.6 is 55.1 Å². The average Bonchev–Trinajstić information content (AvgIpc) is 3.35. The summed E-state index contributed by atoms with van der Waals surface area (Å²) in [5, 5.41) is 4.98. The molecule has 2 unspecified atom stereocenters. The number of hydrogen-bond acceptors (Lipinski definition) is 5. The molecular weight excluding hydrogens is 811 g/mol. The van der Waals surface area contributed by atoms with Gasteiger partial charge in [-0.05, 0) is 128 Å². The molecule has 51 heavy (non-hydrogen) atoms. The summed E-state index contributed by atoms with van der Waals surface area (Å²) in [6.07, 6.45) is 12.1. The molecule has 8 rings (SSSR count). The number of nitrogens with zero attached hydrogens (tertiary/aromatic N) is 3. The van der Waals surface area contributed by atoms with Crippen molar-refractivity contribution >= 4 is 82.3 Å². The minimum Gasteiger partial charge on any atom is -0.450 e. The monoisotopic (exact) mass is 848 g/mol. The van der Waals surface area contributed by atoms with Gasteiger partial charge >= 0.3 is 6.09 Å². The maximum Gasteiger partial charge on any atom is 0.409 e. The fraction of sp³-hybridized carbons (Fsp3) is 0.341. The van der Waals surface area contributed by atoms with Crippen molar-refractivity contribution in [1.29, 1.82) is 0 Å². The van der Waals surface area contributed by atoms with Crippen LogP contribution in [0.1, 0.15) is 89.2 Å². The van der Waals surface area contributed by atoms with Crippen molar-refractivity contribution in [3.05, 3.63) is 128 Å². The van der Waals surface area contributed by atoms with Gasteiger partial charge < -0.3 is 15.0 Å². The number of likely N-dealkylation sites (tertiary alicyclic amines) is 1. The normalized spacial score (nSPS) is 20.1. The van der Waals surface area contributed by atoms with Crippen LogP contribution in [0.2, 0.25) is 10.0 Å². The Labute approximate surface area is 327 Å². The van der Waals surface area contributed by atoms with Gasteiger partial charge in [-0.1, -0.05) is 79.3 Å². The summed E-state index contributed by atoms with van der Waals surface area (Å²) >= 11 is 20.0. The van der Waals surface area contributed by atoms with E-state index in [-0.39, 0.29) is 12.0 Å². The highest BCUT2D eigenvalue weighted by Crippen LogP contribution is 2.47. The Kier molecular flexibility index (Phi) is 11.6. The molecule has 4 heterocycles. The predicted molar refractivity (Wildman–Crippen MR) is 216 cm³/mol. The van der Waals surface area contributed by atoms with Crippen LogP contribution in [0.4, 0.5) is 4.79 Å². The molecule has 10 heteroatoms. The SMILES string of the molecule is CCOC(=O)N1CCC(C2c3ccc(Cl)cc3C=C(Br)c3cccnc32)CC1.Clc1ccc2c(c1)C=C(Br)c1cccnc1C2C1CCNCC1. The fourth-order valence-corrected chi connectivity index (χ4v) is 9.65. The molecule has 2 aromatic carbocycles. The lowest BCUT2D eigenvalue weighted by Crippen LogP contribution is -2.40. The third-order valence-electron chi connectivity index (χ3n) is 10.5. The molecule has 1 N–H and O–H groups in total. The first-order chi connectivity index (χ1) is 24.8. The quantitative estimate of drug-likeness (QED) is 0.222. The minimum atomic E-state index is -0.211. The zero-order valence-electron chi connectivity index (χ0n) is 28.4. The second-order valence-electron chi connectivity index (χ2n) is 13.5. The maximum atomic E-state index is 12.1. The highest BCUT2D eigenvalue weighted by atomic mass is 79.9. The van der Waals surface area contributed by atoms with Gasteiger partial charge in [0.05, 0.1) is 18.0 Å². The molecule has 2 fully saturated rings. The molecule has 2 saturated heterocycles. The van der Waals surface area contributed by atoms with Gasteiger partial charge in [0.25, 0.3) is 0 Å². The van der Waals surface area contributed by atoms with Crippen molar-refractivity contribution in [3.63, 3.8) is 0 Å². The standard InChI is InChI=1S/C22H22BrClN2O2.C19H18BrClN2/c1-2-28-22(27)26-10-7-14(8-11-26)20-17-6-5-16(24)12-15(17)13-19(23)18-4-3-9-25-21(18)20;20-17-11-13-10-14(21)3-4-15(13)18(12-5-8-22-9-6-12)19-16(17)2-1-7-23-19/h3-6,9,12-14,20H,2,7-8,10-11H2,1H3;1-4,7,10-12,18,22H,5-6,8-9H2. The first kappa shape index (κ1) is 36.4. The lowest BCUT2D eigenvalue weighted by atomic mass is 9.76. The summed E-state index contributed by atoms with van der Waals surface area (Å²) in [6.45, 7) is 5.83. The number of aromatic nitrogens is 2. The van der Waals surface area contributed by atoms with Crippen molar-refractivity contribution < 1.29 is 9.53 Å². The van der Waals surface area contributed by atoms with E-state index >= 15 is 0 Å². The van der Waals surface area contributed by atoms with Gasteiger partial charge in [-0.15, -0.1) is 0 Å². The molecule has 6 nitrogen and oxygen atoms in total. The van der Waals surface area contributed by atoms with Crippen LogP contribution in [0.5, 0.6) is 0 Å². The van der Waals surface area contributed by atoms with Crippen LogP contribution in [-0.2, 0) is 4.74 Å². The number of amides is 1. The lowest BCUT2D eigenvalue weighted by Gasteiger charge is -2.36. The third kappa shape index (κ3) is 7.86. The molecule has 2 aliphatic carbocycles. The smallest absolute Gasteiger partial charge is 0.409 e. The zero-order chi connectivity index (χ0) is 35.5. The van der Waals surface area contributed by atoms with E-state index < -0.39 is 0 Å². The zero-order valence-corrected chi connectivity index (χ0v) is 33.1. The van der Waals surface area contributed by atoms with Gasteiger partial charge in [-0.3, -0.25) is 9.97 Å². The Morgan fingerprint density at radius 3 is 1.76 bits per heavy atom. The van der Waals surface area contributed by atoms with Gasteiger partial charge in [-0.2, -0.15) is 0 Å². The minimum absolute atomic E-state index is 0.166. The van der Waals surface area contributed by atoms with Gasteiger partial charge in [-0.25, -0.2) is 4.79 Å². The number of benzene rings is 2. The predicted octanol–water partition coefficient (Wildman–Crippen LogP) is 11.0. The molecule has 1 amide bonds. The van der Waals surface area contributed by atoms with Crippen molar-refractivity contribution in [3.8, 4) is 0 Å². The summed E-state index contributed by atoms with van der Waals surface area (Å²) in [6, 6.07) is 20.6. The fourth-order valence-electron chi connectivity index (χ4n) is 8.13. The van der Waals surface area contributed by atoms with Gasteiger partial charge in [0.15, 0.2) is 0 Å². The molecule has 4 aromatic rings. The number of piperidine rings is 2. The van der Waals surface area contributed by atoms with Crippen molar-refractivity contribution in [2.45, 2.75) is 44.4 Å². The van der Waals surface area contributed by atoms with E-state index in [0.717, 1.165) is 61.8 Å². The maximum absolute atomic E-state index is 12.1. The molecule has 0 radical (unpaired) electrons. The second-order valence-corrected chi connectivity index (χ2v) is 16.1. The van der Waals surface area contributed by atoms with Crippen LogP contribution < -0.4 is 5.32 Å². The number of ether oxygens (including phenoxy) is 1. The number of hydrogen-bond donors (Lipinski definition) is 1. The molecule has 2 aromatic heterocycles. The summed E-state index contributed by atoms with van der Waals surface area (Å²) < 4.78 is 7.27. The number of carbonyl (C=O) groups is 1. The van der Waals surface area contributed by atoms with Crippen LogP contribution in [0.25, 0.3) is 21.1 Å². The Morgan fingerprint density at radius 2 is 1.27 bits per heavy atom. The number of halogens is 4. The summed E-state index contributed by atoms with van der Waals surface area (Å²) in [4.78, 5) is 23.5. The van der Waals surface area contributed by atoms with E-state index in [4.69, 9.17) is 37.9 Å². The number of fused-ring (bicyclic) bond motifs is 4. The largest absolute Gasteiger partial charge is 0.450 e. The van der Waals surface area contributed by atoms with E-state index in [2.05, 4.69) is 79.7 Å². The molecular formula is C41H40Br2Cl2N4O2. The first-order valence-corrected chi connectivity index (χ1v) is 20.0. The molecule has 0 spiro atoms. The number of nitrogens with one attached hydrogen (secondary N) is 1. The highest BCUT2D eigenvalue weighted by Gasteiger charge is 2.36. The number of carbonyl (C=O) groups excluding carboxylic acids is 1. The molecule has 4 aliphatic rings. The van der Waals surface area contributed by atoms with E-state index in [1.807, 2.05) is 54.5 Å². The second kappa shape index (κ2) is 16.3. The van der Waals surface area contributed by atoms with Crippen LogP contribution in [-0.4, -0.2) is 53.7 Å². The molecule has 2 aliphatic heterocycles. The summed E-state index contributed by atoms with van der Waals surface area (Å²) in [7, 11) is 0. The number of rotatable bonds is 3. The van der Waals surface area contributed by atoms with Crippen LogP contribution in [0.3, 0.4) is 0 Å². The average molecular weight is 852 g/mol. The van der Waals surface area contributed by atoms with E-state index in [9.17, 15) is 4.79 Å². The van der Waals surface area contributed by atoms with E-state index in [1.54, 1.807) is 0 Å². The van der Waals surface area contributed by atoms with Gasteiger partial charge in [0.1, 0.15) is 0 Å². The highest BCUT2D eigenvalue weighted by molar-refractivity contribution is 9.15. The van der Waals surface area contributed by atoms with Crippen LogP contribution in [0.15, 0.2) is 73.1 Å². The third-order valence-corrected chi connectivity index (χ3v) is 12.3. The molecule has 0 bridgehead atoms. The molecule has 264 valence electrons. The van der Waals surface area contributed by atoms with Crippen LogP contribution in [0, 0.1) is 11.8 Å². The summed E-state index contributed by atoms with van der Waals surface area (Å²) in [5.41, 5.74) is 9.49. The lowest BCUT2D eigenvalue weighted by molar-refractivity contribution is 0.0900. The number of pyridine rings is 2. The van der Waals surface area contributed by atoms with E-state index in [1.165, 1.54) is 40.8 Å². The topological polar surface area (TPSA) is 67.3 Å². The Hall–Kier alpha value is -3.01. The van der Waals surface area contributed by atoms with Gasteiger partial charge in [0, 0.05) is 67.5 Å². The van der Waals surface area contributed by atoms with E-state index in [0.29, 0.717) is 37.5 Å². The Balaban J connectivity index is 0.000000162. The van der Waals surface area contributed by atoms with Crippen molar-refractivity contribution in [2.75, 3.05) is 32.8 Å². The summed E-state index contributed by atoms with van der Waals surface area (Å²) in [5.74, 6) is 1.49. The van der Waals surface area contributed by atoms with Crippen molar-refractivity contribution in [1.82, 2.24) is 20.2 Å². The van der Waals surface area contributed by atoms with Crippen molar-refractivity contribution in [2.24, 2.45) is 11.8 Å². The first-order valence-electron chi connectivity index (χ1n) is 17.7.